The molecule has 0 aliphatic carbocycles. The van der Waals surface area contributed by atoms with Crippen LogP contribution in [0.5, 0.6) is 0 Å². The molecule has 8 heteroatoms. The molecule has 6 nitrogen and oxygen atoms in total. The van der Waals surface area contributed by atoms with Gasteiger partial charge in [-0.1, -0.05) is 0 Å². The van der Waals surface area contributed by atoms with Crippen LogP contribution in [0.15, 0.2) is 47.4 Å². The van der Waals surface area contributed by atoms with Crippen molar-refractivity contribution in [2.75, 3.05) is 17.8 Å². The molecular weight excluding hydrogens is 369 g/mol. The van der Waals surface area contributed by atoms with Gasteiger partial charge in [0.15, 0.2) is 0 Å². The van der Waals surface area contributed by atoms with E-state index in [4.69, 9.17) is 5.73 Å². The van der Waals surface area contributed by atoms with Crippen LogP contribution in [0.4, 0.5) is 10.1 Å². The maximum Gasteiger partial charge on any atom is 0.262 e. The third-order valence-corrected chi connectivity index (χ3v) is 6.18. The number of nitrogens with one attached hydrogen (secondary N) is 1. The Bertz CT molecular complexity index is 937. The lowest BCUT2D eigenvalue weighted by Gasteiger charge is -2.30. The second-order valence-electron chi connectivity index (χ2n) is 6.72. The summed E-state index contributed by atoms with van der Waals surface area (Å²) in [5.41, 5.74) is 7.00. The van der Waals surface area contributed by atoms with Crippen molar-refractivity contribution in [2.24, 2.45) is 5.73 Å². The minimum absolute atomic E-state index is 0.00806. The highest BCUT2D eigenvalue weighted by Crippen LogP contribution is 2.21. The number of carbonyl (C=O) groups excluding carboxylic acids is 1. The van der Waals surface area contributed by atoms with Gasteiger partial charge < -0.3 is 10.6 Å². The maximum atomic E-state index is 13.2. The molecule has 0 radical (unpaired) electrons. The molecule has 2 aromatic carbocycles. The van der Waals surface area contributed by atoms with Crippen molar-refractivity contribution in [2.45, 2.75) is 30.7 Å². The molecule has 3 N–H and O–H groups in total. The van der Waals surface area contributed by atoms with E-state index in [0.717, 1.165) is 18.9 Å². The first-order valence-electron chi connectivity index (χ1n) is 8.70. The van der Waals surface area contributed by atoms with Crippen LogP contribution < -0.4 is 10.5 Å². The average molecular weight is 391 g/mol. The molecule has 0 spiro atoms. The zero-order valence-electron chi connectivity index (χ0n) is 15.0. The van der Waals surface area contributed by atoms with Gasteiger partial charge in [0.2, 0.25) is 0 Å². The summed E-state index contributed by atoms with van der Waals surface area (Å²) >= 11 is 0. The monoisotopic (exact) mass is 391 g/mol. The lowest BCUT2D eigenvalue weighted by molar-refractivity contribution is 0.0715. The Morgan fingerprint density at radius 2 is 1.78 bits per heavy atom. The molecule has 1 fully saturated rings. The summed E-state index contributed by atoms with van der Waals surface area (Å²) in [6.45, 7) is 2.78. The number of hydrogen-bond acceptors (Lipinski definition) is 4. The van der Waals surface area contributed by atoms with Gasteiger partial charge in [0.05, 0.1) is 4.90 Å². The second-order valence-corrected chi connectivity index (χ2v) is 8.37. The molecule has 2 aromatic rings. The summed E-state index contributed by atoms with van der Waals surface area (Å²) in [6.07, 6.45) is 1.56. The van der Waals surface area contributed by atoms with Gasteiger partial charge >= 0.3 is 0 Å². The molecule has 144 valence electrons. The third-order valence-electron chi connectivity index (χ3n) is 4.64. The Morgan fingerprint density at radius 1 is 1.15 bits per heavy atom. The van der Waals surface area contributed by atoms with E-state index in [1.807, 2.05) is 0 Å². The first-order chi connectivity index (χ1) is 12.8. The van der Waals surface area contributed by atoms with Crippen LogP contribution in [0, 0.1) is 12.7 Å². The number of nitrogens with zero attached hydrogens (tertiary/aromatic N) is 1. The summed E-state index contributed by atoms with van der Waals surface area (Å²) in [7, 11) is -3.85. The number of likely N-dealkylation sites (tertiary alicyclic amines) is 1. The van der Waals surface area contributed by atoms with Crippen LogP contribution in [0.1, 0.15) is 28.8 Å². The SMILES string of the molecule is Cc1cc(F)ccc1S(=O)(=O)Nc1ccc(C(=O)N2CCC(N)CC2)cc1. The zero-order chi connectivity index (χ0) is 19.6. The van der Waals surface area contributed by atoms with Crippen LogP contribution in [-0.4, -0.2) is 38.4 Å². The molecule has 27 heavy (non-hydrogen) atoms. The Kier molecular flexibility index (Phi) is 5.48. The molecule has 1 amide bonds. The van der Waals surface area contributed by atoms with Crippen molar-refractivity contribution in [3.05, 3.63) is 59.4 Å². The lowest BCUT2D eigenvalue weighted by Crippen LogP contribution is -2.42. The minimum atomic E-state index is -3.85. The molecular formula is C19H22FN3O3S. The number of amides is 1. The quantitative estimate of drug-likeness (QED) is 0.838. The summed E-state index contributed by atoms with van der Waals surface area (Å²) < 4.78 is 40.7. The number of sulfonamides is 1. The highest BCUT2D eigenvalue weighted by atomic mass is 32.2. The van der Waals surface area contributed by atoms with E-state index in [9.17, 15) is 17.6 Å². The van der Waals surface area contributed by atoms with Crippen molar-refractivity contribution >= 4 is 21.6 Å². The van der Waals surface area contributed by atoms with Crippen LogP contribution in [-0.2, 0) is 10.0 Å². The fraction of sp³-hybridized carbons (Fsp3) is 0.316. The predicted molar refractivity (Wildman–Crippen MR) is 102 cm³/mol. The number of rotatable bonds is 4. The van der Waals surface area contributed by atoms with Crippen molar-refractivity contribution in [3.8, 4) is 0 Å². The van der Waals surface area contributed by atoms with E-state index in [-0.39, 0.29) is 16.8 Å². The highest BCUT2D eigenvalue weighted by Gasteiger charge is 2.22. The maximum absolute atomic E-state index is 13.2. The Labute approximate surface area is 158 Å². The minimum Gasteiger partial charge on any atom is -0.339 e. The third kappa shape index (κ3) is 4.45. The van der Waals surface area contributed by atoms with Gasteiger partial charge in [-0.2, -0.15) is 0 Å². The van der Waals surface area contributed by atoms with E-state index in [2.05, 4.69) is 4.72 Å². The molecule has 0 unspecified atom stereocenters. The molecule has 3 rings (SSSR count). The van der Waals surface area contributed by atoms with Gasteiger partial charge in [-0.15, -0.1) is 0 Å². The first-order valence-corrected chi connectivity index (χ1v) is 10.2. The molecule has 0 aromatic heterocycles. The lowest BCUT2D eigenvalue weighted by atomic mass is 10.0. The van der Waals surface area contributed by atoms with Crippen LogP contribution in [0.3, 0.4) is 0 Å². The van der Waals surface area contributed by atoms with Crippen molar-refractivity contribution < 1.29 is 17.6 Å². The van der Waals surface area contributed by atoms with E-state index in [0.29, 0.717) is 29.9 Å². The number of anilines is 1. The second kappa shape index (κ2) is 7.66. The van der Waals surface area contributed by atoms with Crippen molar-refractivity contribution in [1.82, 2.24) is 4.90 Å². The Morgan fingerprint density at radius 3 is 2.37 bits per heavy atom. The van der Waals surface area contributed by atoms with E-state index in [1.165, 1.54) is 19.1 Å². The predicted octanol–water partition coefficient (Wildman–Crippen LogP) is 2.50. The van der Waals surface area contributed by atoms with Gasteiger partial charge in [-0.25, -0.2) is 12.8 Å². The van der Waals surface area contributed by atoms with Gasteiger partial charge in [-0.3, -0.25) is 9.52 Å². The Hall–Kier alpha value is -2.45. The molecule has 0 saturated carbocycles. The van der Waals surface area contributed by atoms with Crippen LogP contribution in [0.2, 0.25) is 0 Å². The Balaban J connectivity index is 1.72. The van der Waals surface area contributed by atoms with Crippen molar-refractivity contribution in [3.63, 3.8) is 0 Å². The summed E-state index contributed by atoms with van der Waals surface area (Å²) in [5, 5.41) is 0. The standard InChI is InChI=1S/C19H22FN3O3S/c1-13-12-15(20)4-7-18(13)27(25,26)22-17-5-2-14(3-6-17)19(24)23-10-8-16(21)9-11-23/h2-7,12,16,22H,8-11,21H2,1H3. The number of carbonyl (C=O) groups is 1. The van der Waals surface area contributed by atoms with Gasteiger partial charge in [0.25, 0.3) is 15.9 Å². The van der Waals surface area contributed by atoms with Crippen molar-refractivity contribution in [1.29, 1.82) is 0 Å². The fourth-order valence-electron chi connectivity index (χ4n) is 3.09. The molecule has 1 aliphatic rings. The molecule has 1 saturated heterocycles. The number of halogens is 1. The summed E-state index contributed by atoms with van der Waals surface area (Å²) in [4.78, 5) is 14.3. The van der Waals surface area contributed by atoms with E-state index < -0.39 is 15.8 Å². The normalized spacial score (nSPS) is 15.6. The number of benzene rings is 2. The summed E-state index contributed by atoms with van der Waals surface area (Å²) in [5.74, 6) is -0.585. The molecule has 0 atom stereocenters. The van der Waals surface area contributed by atoms with Gasteiger partial charge in [0.1, 0.15) is 5.82 Å². The molecule has 1 heterocycles. The van der Waals surface area contributed by atoms with Gasteiger partial charge in [-0.05, 0) is 67.8 Å². The topological polar surface area (TPSA) is 92.5 Å². The van der Waals surface area contributed by atoms with E-state index in [1.54, 1.807) is 29.2 Å². The first kappa shape index (κ1) is 19.3. The molecule has 0 bridgehead atoms. The fourth-order valence-corrected chi connectivity index (χ4v) is 4.38. The smallest absolute Gasteiger partial charge is 0.262 e. The number of hydrogen-bond donors (Lipinski definition) is 2. The average Bonchev–Trinajstić information content (AvgIpc) is 2.62. The van der Waals surface area contributed by atoms with Crippen LogP contribution >= 0.6 is 0 Å². The van der Waals surface area contributed by atoms with Crippen LogP contribution in [0.25, 0.3) is 0 Å². The zero-order valence-corrected chi connectivity index (χ0v) is 15.8. The molecule has 1 aliphatic heterocycles. The highest BCUT2D eigenvalue weighted by molar-refractivity contribution is 7.92. The van der Waals surface area contributed by atoms with Gasteiger partial charge in [0, 0.05) is 30.4 Å². The van der Waals surface area contributed by atoms with E-state index >= 15 is 0 Å². The number of nitrogens with two attached hydrogens (primary N) is 1. The largest absolute Gasteiger partial charge is 0.339 e. The summed E-state index contributed by atoms with van der Waals surface area (Å²) in [6, 6.07) is 9.90. The number of aryl methyl sites for hydroxylation is 1. The number of piperidine rings is 1.